The Hall–Kier alpha value is -5.56. The van der Waals surface area contributed by atoms with E-state index in [1.54, 1.807) is 24.3 Å². The molecular formula is C51H37BBr2O2. The normalized spacial score (nSPS) is 11.1. The lowest BCUT2D eigenvalue weighted by molar-refractivity contribution is 0.426. The molecule has 2 nitrogen and oxygen atoms in total. The fourth-order valence-corrected chi connectivity index (χ4v) is 8.82. The maximum absolute atomic E-state index is 8.58. The molecule has 11 rings (SSSR count). The molecule has 0 aromatic heterocycles. The molecule has 11 aromatic rings. The Balaban J connectivity index is 0.000000135. The molecule has 0 aliphatic carbocycles. The van der Waals surface area contributed by atoms with Gasteiger partial charge in [-0.2, -0.15) is 0 Å². The van der Waals surface area contributed by atoms with Crippen LogP contribution in [0, 0.1) is 0 Å². The quantitative estimate of drug-likeness (QED) is 0.137. The minimum Gasteiger partial charge on any atom is -0.423 e. The van der Waals surface area contributed by atoms with Gasteiger partial charge in [0.05, 0.1) is 0 Å². The highest BCUT2D eigenvalue weighted by atomic mass is 79.9. The zero-order chi connectivity index (χ0) is 37.5. The predicted molar refractivity (Wildman–Crippen MR) is 250 cm³/mol. The summed E-state index contributed by atoms with van der Waals surface area (Å²) in [5.41, 5.74) is 5.66. The summed E-state index contributed by atoms with van der Waals surface area (Å²) in [4.78, 5) is 0. The van der Waals surface area contributed by atoms with Crippen molar-refractivity contribution >= 4 is 109 Å². The number of benzene rings is 11. The average molecular weight is 852 g/mol. The van der Waals surface area contributed by atoms with Crippen molar-refractivity contribution in [2.75, 3.05) is 0 Å². The third kappa shape index (κ3) is 6.82. The zero-order valence-corrected chi connectivity index (χ0v) is 32.8. The lowest BCUT2D eigenvalue weighted by Gasteiger charge is -2.16. The Morgan fingerprint density at radius 2 is 0.625 bits per heavy atom. The number of halogens is 2. The summed E-state index contributed by atoms with van der Waals surface area (Å²) in [5, 5.41) is 33.0. The molecule has 0 heterocycles. The van der Waals surface area contributed by atoms with Crippen LogP contribution in [0.4, 0.5) is 0 Å². The zero-order valence-electron chi connectivity index (χ0n) is 29.6. The maximum atomic E-state index is 8.58. The van der Waals surface area contributed by atoms with Gasteiger partial charge in [0.2, 0.25) is 0 Å². The summed E-state index contributed by atoms with van der Waals surface area (Å²) in [5.74, 6) is 0. The van der Waals surface area contributed by atoms with Crippen LogP contribution in [0.15, 0.2) is 197 Å². The third-order valence-corrected chi connectivity index (χ3v) is 11.9. The van der Waals surface area contributed by atoms with Crippen molar-refractivity contribution in [1.29, 1.82) is 0 Å². The van der Waals surface area contributed by atoms with Gasteiger partial charge in [-0.1, -0.05) is 215 Å². The molecule has 11 aromatic carbocycles. The van der Waals surface area contributed by atoms with Crippen LogP contribution >= 0.6 is 31.9 Å². The Kier molecular flexibility index (Phi) is 10.6. The van der Waals surface area contributed by atoms with E-state index in [1.807, 2.05) is 6.07 Å². The maximum Gasteiger partial charge on any atom is 0.488 e. The molecule has 0 saturated carbocycles. The summed E-state index contributed by atoms with van der Waals surface area (Å²) in [7, 11) is -1.34. The second-order valence-corrected chi connectivity index (χ2v) is 15.4. The van der Waals surface area contributed by atoms with E-state index in [-0.39, 0.29) is 7.43 Å². The summed E-state index contributed by atoms with van der Waals surface area (Å²) in [6, 6.07) is 65.6. The molecule has 0 fully saturated rings. The first kappa shape index (κ1) is 37.4. The van der Waals surface area contributed by atoms with Crippen LogP contribution in [0.1, 0.15) is 7.43 Å². The van der Waals surface area contributed by atoms with Gasteiger partial charge >= 0.3 is 7.12 Å². The molecular weight excluding hydrogens is 815 g/mol. The van der Waals surface area contributed by atoms with Crippen molar-refractivity contribution in [1.82, 2.24) is 0 Å². The number of rotatable bonds is 3. The van der Waals surface area contributed by atoms with Gasteiger partial charge in [0.1, 0.15) is 0 Å². The van der Waals surface area contributed by atoms with E-state index in [0.717, 1.165) is 8.95 Å². The first-order valence-corrected chi connectivity index (χ1v) is 19.8. The Morgan fingerprint density at radius 1 is 0.321 bits per heavy atom. The van der Waals surface area contributed by atoms with Gasteiger partial charge in [0, 0.05) is 8.95 Å². The highest BCUT2D eigenvalue weighted by Crippen LogP contribution is 2.43. The molecule has 0 unspecified atom stereocenters. The van der Waals surface area contributed by atoms with Crippen molar-refractivity contribution in [3.05, 3.63) is 197 Å². The van der Waals surface area contributed by atoms with Crippen LogP contribution in [0.3, 0.4) is 0 Å². The monoisotopic (exact) mass is 850 g/mol. The molecule has 0 spiro atoms. The fraction of sp³-hybridized carbons (Fsp3) is 0.0196. The largest absolute Gasteiger partial charge is 0.488 e. The minimum atomic E-state index is -1.34. The highest BCUT2D eigenvalue weighted by Gasteiger charge is 2.15. The van der Waals surface area contributed by atoms with Crippen molar-refractivity contribution < 1.29 is 10.0 Å². The summed E-state index contributed by atoms with van der Waals surface area (Å²) in [6.07, 6.45) is 0. The molecule has 0 atom stereocenters. The van der Waals surface area contributed by atoms with E-state index in [4.69, 9.17) is 10.0 Å². The molecule has 0 saturated heterocycles. The van der Waals surface area contributed by atoms with Gasteiger partial charge in [-0.15, -0.1) is 0 Å². The van der Waals surface area contributed by atoms with E-state index in [9.17, 15) is 0 Å². The Bertz CT molecular complexity index is 2890. The van der Waals surface area contributed by atoms with Crippen LogP contribution in [0.25, 0.3) is 86.9 Å². The third-order valence-electron chi connectivity index (χ3n) is 10.5. The van der Waals surface area contributed by atoms with Crippen molar-refractivity contribution in [3.8, 4) is 22.3 Å². The average Bonchev–Trinajstić information content (AvgIpc) is 3.24. The summed E-state index contributed by atoms with van der Waals surface area (Å²) < 4.78 is 2.31. The molecule has 0 radical (unpaired) electrons. The molecule has 0 bridgehead atoms. The van der Waals surface area contributed by atoms with Crippen LogP contribution in [-0.2, 0) is 0 Å². The van der Waals surface area contributed by atoms with E-state index in [1.165, 1.54) is 86.9 Å². The summed E-state index contributed by atoms with van der Waals surface area (Å²) >= 11 is 7.30. The van der Waals surface area contributed by atoms with Crippen LogP contribution < -0.4 is 5.46 Å². The van der Waals surface area contributed by atoms with E-state index >= 15 is 0 Å². The van der Waals surface area contributed by atoms with Crippen LogP contribution in [-0.4, -0.2) is 17.2 Å². The minimum absolute atomic E-state index is 0. The van der Waals surface area contributed by atoms with Crippen LogP contribution in [0.2, 0.25) is 0 Å². The van der Waals surface area contributed by atoms with Gasteiger partial charge in [-0.3, -0.25) is 0 Å². The van der Waals surface area contributed by atoms with Crippen molar-refractivity contribution in [2.45, 2.75) is 7.43 Å². The molecule has 56 heavy (non-hydrogen) atoms. The smallest absolute Gasteiger partial charge is 0.423 e. The molecule has 270 valence electrons. The molecule has 2 N–H and O–H groups in total. The first-order valence-electron chi connectivity index (χ1n) is 18.2. The second kappa shape index (κ2) is 15.9. The lowest BCUT2D eigenvalue weighted by atomic mass is 9.81. The lowest BCUT2D eigenvalue weighted by Crippen LogP contribution is -2.29. The van der Waals surface area contributed by atoms with Gasteiger partial charge in [-0.25, -0.2) is 0 Å². The predicted octanol–water partition coefficient (Wildman–Crippen LogP) is 14.0. The van der Waals surface area contributed by atoms with Crippen LogP contribution in [0.5, 0.6) is 0 Å². The Labute approximate surface area is 343 Å². The fourth-order valence-electron chi connectivity index (χ4n) is 7.89. The molecule has 5 heteroatoms. The second-order valence-electron chi connectivity index (χ2n) is 13.7. The molecule has 0 aliphatic rings. The number of hydrogen-bond donors (Lipinski definition) is 2. The standard InChI is InChI=1S/C28H18.C16H8Br2.C6H7BO2.CH4/c1-3-7-19(8-4-1)23-15-11-21-14-18-26-24(20-9-5-2-6-10-20)16-12-22-13-17-25(23)27(21)28(22)26;17-13-8-4-10-2-6-12-14(18)7-3-9-1-5-11(13)16(10)15(9)12;8-7(9)6-4-2-1-3-5-6;/h1-18H;1-8H;1-5,8-9H;1H4. The van der Waals surface area contributed by atoms with Gasteiger partial charge in [0.15, 0.2) is 0 Å². The Morgan fingerprint density at radius 3 is 0.982 bits per heavy atom. The van der Waals surface area contributed by atoms with Crippen molar-refractivity contribution in [2.24, 2.45) is 0 Å². The van der Waals surface area contributed by atoms with E-state index < -0.39 is 7.12 Å². The van der Waals surface area contributed by atoms with E-state index in [2.05, 4.69) is 190 Å². The number of hydrogen-bond acceptors (Lipinski definition) is 2. The van der Waals surface area contributed by atoms with Gasteiger partial charge < -0.3 is 10.0 Å². The topological polar surface area (TPSA) is 40.5 Å². The van der Waals surface area contributed by atoms with Crippen molar-refractivity contribution in [3.63, 3.8) is 0 Å². The highest BCUT2D eigenvalue weighted by molar-refractivity contribution is 9.11. The molecule has 0 amide bonds. The SMILES string of the molecule is Brc1ccc2ccc3c(Br)ccc4ccc1c2c43.C.OB(O)c1ccccc1.c1ccc(-c2ccc3ccc4c(-c5ccccc5)ccc5ccc2c3c54)cc1. The van der Waals surface area contributed by atoms with Gasteiger partial charge in [-0.05, 0) is 104 Å². The first-order chi connectivity index (χ1) is 27.0. The van der Waals surface area contributed by atoms with E-state index in [0.29, 0.717) is 5.46 Å². The molecule has 0 aliphatic heterocycles. The van der Waals surface area contributed by atoms with Gasteiger partial charge in [0.25, 0.3) is 0 Å². The summed E-state index contributed by atoms with van der Waals surface area (Å²) in [6.45, 7) is 0.